The number of para-hydroxylation sites is 1. The molecule has 1 aliphatic rings. The number of likely N-dealkylation sites (tertiary alicyclic amines) is 1. The Balaban J connectivity index is 1.85. The average Bonchev–Trinajstić information content (AvgIpc) is 3.10. The minimum absolute atomic E-state index is 0.0838. The lowest BCUT2D eigenvalue weighted by Gasteiger charge is -2.34. The standard InChI is InChI=1S/C19H22N6O3/c20-9-6-16(13-7-10-24(11-8-13)19(27)28)25-12-15(17(21)26)18(23-25)22-14-4-2-1-3-5-14/h1-5,12-13,16H,6-8,10-11H2,(H2,21,26)(H,22,23)(H,27,28). The minimum Gasteiger partial charge on any atom is -0.465 e. The number of nitrogens with one attached hydrogen (secondary N) is 1. The molecule has 4 N–H and O–H groups in total. The fraction of sp³-hybridized carbons (Fsp3) is 0.368. The third kappa shape index (κ3) is 4.23. The van der Waals surface area contributed by atoms with Gasteiger partial charge in [0.1, 0.15) is 5.56 Å². The predicted molar refractivity (Wildman–Crippen MR) is 102 cm³/mol. The van der Waals surface area contributed by atoms with Gasteiger partial charge < -0.3 is 21.1 Å². The molecule has 2 amide bonds. The second kappa shape index (κ2) is 8.43. The summed E-state index contributed by atoms with van der Waals surface area (Å²) in [5.74, 6) is -0.189. The molecule has 1 saturated heterocycles. The number of benzene rings is 1. The first-order valence-electron chi connectivity index (χ1n) is 9.05. The van der Waals surface area contributed by atoms with Crippen molar-refractivity contribution in [2.24, 2.45) is 11.7 Å². The van der Waals surface area contributed by atoms with Gasteiger partial charge in [0.05, 0.1) is 18.5 Å². The average molecular weight is 382 g/mol. The van der Waals surface area contributed by atoms with E-state index in [0.717, 1.165) is 5.69 Å². The van der Waals surface area contributed by atoms with E-state index in [2.05, 4.69) is 16.5 Å². The van der Waals surface area contributed by atoms with E-state index in [1.165, 1.54) is 4.90 Å². The lowest BCUT2D eigenvalue weighted by Crippen LogP contribution is -2.39. The van der Waals surface area contributed by atoms with Crippen molar-refractivity contribution in [3.05, 3.63) is 42.1 Å². The number of carbonyl (C=O) groups excluding carboxylic acids is 1. The van der Waals surface area contributed by atoms with Crippen molar-refractivity contribution in [1.82, 2.24) is 14.7 Å². The molecule has 2 heterocycles. The van der Waals surface area contributed by atoms with Crippen LogP contribution in [0.4, 0.5) is 16.3 Å². The van der Waals surface area contributed by atoms with Crippen LogP contribution >= 0.6 is 0 Å². The number of hydrogen-bond acceptors (Lipinski definition) is 5. The van der Waals surface area contributed by atoms with E-state index in [4.69, 9.17) is 10.8 Å². The smallest absolute Gasteiger partial charge is 0.407 e. The van der Waals surface area contributed by atoms with Crippen LogP contribution in [-0.2, 0) is 0 Å². The molecule has 28 heavy (non-hydrogen) atoms. The third-order valence-electron chi connectivity index (χ3n) is 5.03. The number of carbonyl (C=O) groups is 2. The van der Waals surface area contributed by atoms with Crippen LogP contribution in [-0.4, -0.2) is 44.9 Å². The van der Waals surface area contributed by atoms with Gasteiger partial charge in [0, 0.05) is 25.0 Å². The predicted octanol–water partition coefficient (Wildman–Crippen LogP) is 2.57. The number of amides is 2. The summed E-state index contributed by atoms with van der Waals surface area (Å²) in [5, 5.41) is 26.0. The molecule has 0 spiro atoms. The molecular formula is C19H22N6O3. The second-order valence-electron chi connectivity index (χ2n) is 6.76. The van der Waals surface area contributed by atoms with Crippen molar-refractivity contribution in [2.75, 3.05) is 18.4 Å². The molecule has 146 valence electrons. The number of carboxylic acid groups (broad SMARTS) is 1. The highest BCUT2D eigenvalue weighted by molar-refractivity contribution is 5.98. The van der Waals surface area contributed by atoms with Crippen LogP contribution in [0.2, 0.25) is 0 Å². The highest BCUT2D eigenvalue weighted by Gasteiger charge is 2.31. The Morgan fingerprint density at radius 3 is 2.57 bits per heavy atom. The fourth-order valence-electron chi connectivity index (χ4n) is 3.54. The van der Waals surface area contributed by atoms with Gasteiger partial charge in [-0.3, -0.25) is 9.48 Å². The molecule has 0 aliphatic carbocycles. The second-order valence-corrected chi connectivity index (χ2v) is 6.76. The van der Waals surface area contributed by atoms with Gasteiger partial charge in [0.15, 0.2) is 5.82 Å². The molecule has 1 fully saturated rings. The van der Waals surface area contributed by atoms with Gasteiger partial charge in [0.25, 0.3) is 5.91 Å². The van der Waals surface area contributed by atoms with Crippen LogP contribution in [0.15, 0.2) is 36.5 Å². The number of primary amides is 1. The Bertz CT molecular complexity index is 881. The highest BCUT2D eigenvalue weighted by Crippen LogP contribution is 2.32. The number of nitrogens with zero attached hydrogens (tertiary/aromatic N) is 4. The Morgan fingerprint density at radius 2 is 2.00 bits per heavy atom. The van der Waals surface area contributed by atoms with E-state index in [-0.39, 0.29) is 23.9 Å². The summed E-state index contributed by atoms with van der Waals surface area (Å²) in [4.78, 5) is 24.4. The van der Waals surface area contributed by atoms with Gasteiger partial charge in [0.2, 0.25) is 0 Å². The number of anilines is 2. The topological polar surface area (TPSA) is 137 Å². The van der Waals surface area contributed by atoms with Gasteiger partial charge in [-0.05, 0) is 30.9 Å². The number of nitriles is 1. The molecule has 3 rings (SSSR count). The summed E-state index contributed by atoms with van der Waals surface area (Å²) in [7, 11) is 0. The quantitative estimate of drug-likeness (QED) is 0.702. The first kappa shape index (κ1) is 19.2. The van der Waals surface area contributed by atoms with Crippen molar-refractivity contribution in [2.45, 2.75) is 25.3 Å². The molecule has 1 aromatic heterocycles. The third-order valence-corrected chi connectivity index (χ3v) is 5.03. The van der Waals surface area contributed by atoms with E-state index < -0.39 is 12.0 Å². The summed E-state index contributed by atoms with van der Waals surface area (Å²) in [5.41, 5.74) is 6.53. The zero-order chi connectivity index (χ0) is 20.1. The van der Waals surface area contributed by atoms with Crippen LogP contribution < -0.4 is 11.1 Å². The van der Waals surface area contributed by atoms with Gasteiger partial charge >= 0.3 is 6.09 Å². The van der Waals surface area contributed by atoms with Crippen molar-refractivity contribution in [3.8, 4) is 6.07 Å². The molecule has 0 saturated carbocycles. The van der Waals surface area contributed by atoms with Gasteiger partial charge in [-0.2, -0.15) is 10.4 Å². The Hall–Kier alpha value is -3.54. The van der Waals surface area contributed by atoms with E-state index in [9.17, 15) is 14.9 Å². The van der Waals surface area contributed by atoms with Crippen LogP contribution in [0.1, 0.15) is 35.7 Å². The monoisotopic (exact) mass is 382 g/mol. The summed E-state index contributed by atoms with van der Waals surface area (Å²) in [6.07, 6.45) is 2.11. The zero-order valence-electron chi connectivity index (χ0n) is 15.3. The first-order chi connectivity index (χ1) is 13.5. The molecule has 1 atom stereocenters. The van der Waals surface area contributed by atoms with E-state index in [1.807, 2.05) is 30.3 Å². The number of nitrogens with two attached hydrogens (primary N) is 1. The van der Waals surface area contributed by atoms with Crippen molar-refractivity contribution in [3.63, 3.8) is 0 Å². The fourth-order valence-corrected chi connectivity index (χ4v) is 3.54. The van der Waals surface area contributed by atoms with Crippen LogP contribution in [0.3, 0.4) is 0 Å². The van der Waals surface area contributed by atoms with Crippen LogP contribution in [0, 0.1) is 17.2 Å². The van der Waals surface area contributed by atoms with Gasteiger partial charge in [-0.1, -0.05) is 18.2 Å². The number of aromatic nitrogens is 2. The molecular weight excluding hydrogens is 360 g/mol. The normalized spacial score (nSPS) is 15.6. The molecule has 9 heteroatoms. The number of rotatable bonds is 6. The zero-order valence-corrected chi connectivity index (χ0v) is 15.3. The van der Waals surface area contributed by atoms with Crippen molar-refractivity contribution < 1.29 is 14.7 Å². The molecule has 0 radical (unpaired) electrons. The maximum Gasteiger partial charge on any atom is 0.407 e. The van der Waals surface area contributed by atoms with Crippen molar-refractivity contribution in [1.29, 1.82) is 5.26 Å². The molecule has 9 nitrogen and oxygen atoms in total. The highest BCUT2D eigenvalue weighted by atomic mass is 16.4. The largest absolute Gasteiger partial charge is 0.465 e. The van der Waals surface area contributed by atoms with Crippen LogP contribution in [0.5, 0.6) is 0 Å². The molecule has 1 unspecified atom stereocenters. The van der Waals surface area contributed by atoms with E-state index in [0.29, 0.717) is 31.7 Å². The minimum atomic E-state index is -0.931. The number of hydrogen-bond donors (Lipinski definition) is 3. The Labute approximate surface area is 162 Å². The van der Waals surface area contributed by atoms with E-state index in [1.54, 1.807) is 10.9 Å². The van der Waals surface area contributed by atoms with Crippen molar-refractivity contribution >= 4 is 23.5 Å². The Morgan fingerprint density at radius 1 is 1.32 bits per heavy atom. The number of piperidine rings is 1. The molecule has 2 aromatic rings. The first-order valence-corrected chi connectivity index (χ1v) is 9.05. The van der Waals surface area contributed by atoms with E-state index >= 15 is 0 Å². The lowest BCUT2D eigenvalue weighted by atomic mass is 9.88. The molecule has 1 aromatic carbocycles. The van der Waals surface area contributed by atoms with Crippen LogP contribution in [0.25, 0.3) is 0 Å². The maximum atomic E-state index is 11.9. The van der Waals surface area contributed by atoms with Gasteiger partial charge in [-0.25, -0.2) is 4.79 Å². The summed E-state index contributed by atoms with van der Waals surface area (Å²) in [6, 6.07) is 11.2. The summed E-state index contributed by atoms with van der Waals surface area (Å²) >= 11 is 0. The Kier molecular flexibility index (Phi) is 5.79. The summed E-state index contributed by atoms with van der Waals surface area (Å²) in [6.45, 7) is 0.835. The molecule has 0 bridgehead atoms. The maximum absolute atomic E-state index is 11.9. The molecule has 1 aliphatic heterocycles. The SMILES string of the molecule is N#CCC(C1CCN(C(=O)O)CC1)n1cc(C(N)=O)c(Nc2ccccc2)n1. The summed E-state index contributed by atoms with van der Waals surface area (Å²) < 4.78 is 1.62. The lowest BCUT2D eigenvalue weighted by molar-refractivity contribution is 0.0998. The van der Waals surface area contributed by atoms with Gasteiger partial charge in [-0.15, -0.1) is 0 Å².